The number of hydrogen-bond donors (Lipinski definition) is 0. The van der Waals surface area contributed by atoms with Crippen molar-refractivity contribution in [2.75, 3.05) is 33.7 Å². The van der Waals surface area contributed by atoms with Gasteiger partial charge in [0.1, 0.15) is 5.69 Å². The highest BCUT2D eigenvalue weighted by atomic mass is 79.9. The number of hydrogen-bond acceptors (Lipinski definition) is 4. The van der Waals surface area contributed by atoms with Gasteiger partial charge in [-0.3, -0.25) is 14.4 Å². The van der Waals surface area contributed by atoms with E-state index in [1.54, 1.807) is 10.9 Å². The molecule has 6 heteroatoms. The van der Waals surface area contributed by atoms with E-state index in [0.717, 1.165) is 24.1 Å². The summed E-state index contributed by atoms with van der Waals surface area (Å²) in [6.07, 6.45) is 1.71. The van der Waals surface area contributed by atoms with Gasteiger partial charge in [-0.05, 0) is 43.9 Å². The molecule has 19 heavy (non-hydrogen) atoms. The van der Waals surface area contributed by atoms with Gasteiger partial charge in [0, 0.05) is 25.7 Å². The SMILES string of the molecule is CC(C)n1ncc(Br)c1C(=O)C1CN(C)CCN1C. The molecule has 5 nitrogen and oxygen atoms in total. The topological polar surface area (TPSA) is 41.4 Å². The Kier molecular flexibility index (Phi) is 4.43. The number of carbonyl (C=O) groups excluding carboxylic acids is 1. The van der Waals surface area contributed by atoms with E-state index in [4.69, 9.17) is 0 Å². The lowest BCUT2D eigenvalue weighted by molar-refractivity contribution is 0.0673. The monoisotopic (exact) mass is 328 g/mol. The Balaban J connectivity index is 2.30. The van der Waals surface area contributed by atoms with Gasteiger partial charge in [-0.15, -0.1) is 0 Å². The lowest BCUT2D eigenvalue weighted by Gasteiger charge is -2.36. The molecule has 0 N–H and O–H groups in total. The maximum absolute atomic E-state index is 12.8. The lowest BCUT2D eigenvalue weighted by atomic mass is 10.1. The molecule has 1 aromatic heterocycles. The summed E-state index contributed by atoms with van der Waals surface area (Å²) in [6, 6.07) is 0.0844. The third-order valence-electron chi connectivity index (χ3n) is 3.63. The zero-order valence-corrected chi connectivity index (χ0v) is 13.5. The summed E-state index contributed by atoms with van der Waals surface area (Å²) in [7, 11) is 4.07. The van der Waals surface area contributed by atoms with E-state index in [1.807, 2.05) is 20.9 Å². The second kappa shape index (κ2) is 5.73. The fourth-order valence-electron chi connectivity index (χ4n) is 2.41. The molecule has 0 radical (unpaired) electrons. The van der Waals surface area contributed by atoms with E-state index in [-0.39, 0.29) is 17.9 Å². The van der Waals surface area contributed by atoms with Gasteiger partial charge in [-0.25, -0.2) is 0 Å². The zero-order chi connectivity index (χ0) is 14.2. The molecule has 106 valence electrons. The van der Waals surface area contributed by atoms with Crippen molar-refractivity contribution in [1.82, 2.24) is 19.6 Å². The average molecular weight is 329 g/mol. The first-order chi connectivity index (χ1) is 8.91. The number of nitrogens with zero attached hydrogens (tertiary/aromatic N) is 4. The molecule has 0 amide bonds. The molecule has 1 aliphatic heterocycles. The quantitative estimate of drug-likeness (QED) is 0.791. The summed E-state index contributed by atoms with van der Waals surface area (Å²) in [4.78, 5) is 17.1. The van der Waals surface area contributed by atoms with E-state index in [1.165, 1.54) is 0 Å². The Bertz CT molecular complexity index is 471. The van der Waals surface area contributed by atoms with Crippen LogP contribution in [0.1, 0.15) is 30.4 Å². The maximum Gasteiger partial charge on any atom is 0.200 e. The van der Waals surface area contributed by atoms with Gasteiger partial charge in [0.05, 0.1) is 16.7 Å². The first-order valence-electron chi connectivity index (χ1n) is 6.57. The highest BCUT2D eigenvalue weighted by Gasteiger charge is 2.32. The van der Waals surface area contributed by atoms with E-state index in [0.29, 0.717) is 5.69 Å². The summed E-state index contributed by atoms with van der Waals surface area (Å²) in [6.45, 7) is 6.76. The van der Waals surface area contributed by atoms with Crippen molar-refractivity contribution in [2.24, 2.45) is 0 Å². The number of Topliss-reactive ketones (excluding diaryl/α,β-unsaturated/α-hetero) is 1. The molecule has 0 saturated carbocycles. The Labute approximate surface area is 122 Å². The molecular weight excluding hydrogens is 308 g/mol. The van der Waals surface area contributed by atoms with E-state index in [9.17, 15) is 4.79 Å². The van der Waals surface area contributed by atoms with Gasteiger partial charge in [0.2, 0.25) is 0 Å². The van der Waals surface area contributed by atoms with Crippen LogP contribution in [0.25, 0.3) is 0 Å². The van der Waals surface area contributed by atoms with Crippen molar-refractivity contribution in [3.05, 3.63) is 16.4 Å². The van der Waals surface area contributed by atoms with E-state index >= 15 is 0 Å². The van der Waals surface area contributed by atoms with Crippen molar-refractivity contribution in [1.29, 1.82) is 0 Å². The van der Waals surface area contributed by atoms with Crippen LogP contribution >= 0.6 is 15.9 Å². The Morgan fingerprint density at radius 2 is 2.11 bits per heavy atom. The van der Waals surface area contributed by atoms with Crippen LogP contribution in [0, 0.1) is 0 Å². The summed E-state index contributed by atoms with van der Waals surface area (Å²) < 4.78 is 2.59. The van der Waals surface area contributed by atoms with Crippen molar-refractivity contribution in [2.45, 2.75) is 25.9 Å². The Morgan fingerprint density at radius 1 is 1.42 bits per heavy atom. The molecule has 1 saturated heterocycles. The van der Waals surface area contributed by atoms with Crippen LogP contribution in [-0.2, 0) is 0 Å². The van der Waals surface area contributed by atoms with Crippen LogP contribution in [0.2, 0.25) is 0 Å². The molecule has 1 atom stereocenters. The molecule has 1 fully saturated rings. The van der Waals surface area contributed by atoms with E-state index < -0.39 is 0 Å². The molecule has 1 aliphatic rings. The van der Waals surface area contributed by atoms with Crippen LogP contribution < -0.4 is 0 Å². The number of aromatic nitrogens is 2. The molecule has 0 bridgehead atoms. The van der Waals surface area contributed by atoms with Gasteiger partial charge < -0.3 is 4.90 Å². The number of carbonyl (C=O) groups is 1. The maximum atomic E-state index is 12.8. The summed E-state index contributed by atoms with van der Waals surface area (Å²) in [5.74, 6) is 0.145. The summed E-state index contributed by atoms with van der Waals surface area (Å²) in [5.41, 5.74) is 0.683. The Hall–Kier alpha value is -0.720. The Morgan fingerprint density at radius 3 is 2.74 bits per heavy atom. The number of likely N-dealkylation sites (N-methyl/N-ethyl adjacent to an activating group) is 2. The first kappa shape index (κ1) is 14.7. The molecular formula is C13H21BrN4O. The second-order valence-corrected chi connectivity index (χ2v) is 6.36. The largest absolute Gasteiger partial charge is 0.303 e. The van der Waals surface area contributed by atoms with Crippen LogP contribution in [-0.4, -0.2) is 65.1 Å². The lowest BCUT2D eigenvalue weighted by Crippen LogP contribution is -2.53. The van der Waals surface area contributed by atoms with Gasteiger partial charge in [-0.1, -0.05) is 0 Å². The summed E-state index contributed by atoms with van der Waals surface area (Å²) in [5, 5.41) is 4.29. The van der Waals surface area contributed by atoms with Crippen molar-refractivity contribution >= 4 is 21.7 Å². The normalized spacial score (nSPS) is 22.1. The van der Waals surface area contributed by atoms with Crippen LogP contribution in [0.15, 0.2) is 10.7 Å². The first-order valence-corrected chi connectivity index (χ1v) is 7.37. The van der Waals surface area contributed by atoms with Crippen LogP contribution in [0.4, 0.5) is 0 Å². The molecule has 0 spiro atoms. The number of halogens is 1. The minimum atomic E-state index is -0.0933. The van der Waals surface area contributed by atoms with Crippen molar-refractivity contribution < 1.29 is 4.79 Å². The highest BCUT2D eigenvalue weighted by molar-refractivity contribution is 9.10. The smallest absolute Gasteiger partial charge is 0.200 e. The predicted molar refractivity (Wildman–Crippen MR) is 78.6 cm³/mol. The minimum absolute atomic E-state index is 0.0933. The molecule has 0 aromatic carbocycles. The van der Waals surface area contributed by atoms with Crippen LogP contribution in [0.3, 0.4) is 0 Å². The molecule has 2 heterocycles. The molecule has 1 aromatic rings. The standard InChI is InChI=1S/C13H21BrN4O/c1-9(2)18-12(10(14)7-15-18)13(19)11-8-16(3)5-6-17(11)4/h7,9,11H,5-6,8H2,1-4H3. The van der Waals surface area contributed by atoms with Crippen molar-refractivity contribution in [3.8, 4) is 0 Å². The van der Waals surface area contributed by atoms with Crippen molar-refractivity contribution in [3.63, 3.8) is 0 Å². The van der Waals surface area contributed by atoms with Gasteiger partial charge in [0.15, 0.2) is 5.78 Å². The van der Waals surface area contributed by atoms with Gasteiger partial charge in [0.25, 0.3) is 0 Å². The molecule has 1 unspecified atom stereocenters. The summed E-state index contributed by atoms with van der Waals surface area (Å²) >= 11 is 3.45. The van der Waals surface area contributed by atoms with Crippen LogP contribution in [0.5, 0.6) is 0 Å². The van der Waals surface area contributed by atoms with Gasteiger partial charge >= 0.3 is 0 Å². The third kappa shape index (κ3) is 2.90. The fraction of sp³-hybridized carbons (Fsp3) is 0.692. The highest BCUT2D eigenvalue weighted by Crippen LogP contribution is 2.23. The predicted octanol–water partition coefficient (Wildman–Crippen LogP) is 1.66. The zero-order valence-electron chi connectivity index (χ0n) is 11.9. The second-order valence-electron chi connectivity index (χ2n) is 5.50. The fourth-order valence-corrected chi connectivity index (χ4v) is 2.88. The minimum Gasteiger partial charge on any atom is -0.303 e. The van der Waals surface area contributed by atoms with E-state index in [2.05, 4.69) is 37.9 Å². The average Bonchev–Trinajstić information content (AvgIpc) is 2.73. The number of piperazine rings is 1. The third-order valence-corrected chi connectivity index (χ3v) is 4.21. The number of ketones is 1. The molecule has 2 rings (SSSR count). The molecule has 0 aliphatic carbocycles. The number of rotatable bonds is 3. The van der Waals surface area contributed by atoms with Gasteiger partial charge in [-0.2, -0.15) is 5.10 Å².